The van der Waals surface area contributed by atoms with Gasteiger partial charge in [-0.25, -0.2) is 13.4 Å². The zero-order chi connectivity index (χ0) is 14.8. The second-order valence-corrected chi connectivity index (χ2v) is 7.90. The Balaban J connectivity index is 2.13. The van der Waals surface area contributed by atoms with E-state index in [1.807, 2.05) is 0 Å². The highest BCUT2D eigenvalue weighted by atomic mass is 32.2. The van der Waals surface area contributed by atoms with E-state index in [1.165, 1.54) is 28.3 Å². The van der Waals surface area contributed by atoms with Crippen molar-refractivity contribution in [1.29, 1.82) is 0 Å². The molecule has 2 rings (SSSR count). The average Bonchev–Trinajstić information content (AvgIpc) is 2.93. The van der Waals surface area contributed by atoms with Gasteiger partial charge in [0.05, 0.1) is 10.3 Å². The molecule has 6 nitrogen and oxygen atoms in total. The Morgan fingerprint density at radius 2 is 2.05 bits per heavy atom. The monoisotopic (exact) mass is 315 g/mol. The van der Waals surface area contributed by atoms with E-state index in [1.54, 1.807) is 13.0 Å². The fourth-order valence-corrected chi connectivity index (χ4v) is 4.11. The minimum atomic E-state index is -3.43. The average molecular weight is 315 g/mol. The molecule has 0 aliphatic carbocycles. The van der Waals surface area contributed by atoms with Gasteiger partial charge in [0.1, 0.15) is 4.90 Å². The standard InChI is InChI=1S/C12H17N3O3S2/c1-9(12(13)16)19-11-5-4-10(8-14-11)20(17,18)15-6-2-3-7-15/h4-5,8-9H,2-3,6-7H2,1H3,(H2,13,16)/t9-/m0/s1. The molecule has 0 saturated carbocycles. The first-order chi connectivity index (χ1) is 9.41. The number of nitrogens with zero attached hydrogens (tertiary/aromatic N) is 2. The van der Waals surface area contributed by atoms with Crippen LogP contribution in [-0.4, -0.2) is 42.0 Å². The molecule has 1 aromatic heterocycles. The summed E-state index contributed by atoms with van der Waals surface area (Å²) in [5.41, 5.74) is 5.18. The zero-order valence-electron chi connectivity index (χ0n) is 11.2. The Kier molecular flexibility index (Phi) is 4.66. The van der Waals surface area contributed by atoms with Crippen molar-refractivity contribution in [3.05, 3.63) is 18.3 Å². The minimum Gasteiger partial charge on any atom is -0.369 e. The highest BCUT2D eigenvalue weighted by Crippen LogP contribution is 2.24. The molecule has 0 aromatic carbocycles. The van der Waals surface area contributed by atoms with Crippen LogP contribution in [-0.2, 0) is 14.8 Å². The number of aromatic nitrogens is 1. The number of pyridine rings is 1. The maximum Gasteiger partial charge on any atom is 0.244 e. The summed E-state index contributed by atoms with van der Waals surface area (Å²) in [6, 6.07) is 3.13. The van der Waals surface area contributed by atoms with E-state index in [-0.39, 0.29) is 4.90 Å². The van der Waals surface area contributed by atoms with E-state index in [0.29, 0.717) is 18.1 Å². The van der Waals surface area contributed by atoms with Crippen molar-refractivity contribution in [2.75, 3.05) is 13.1 Å². The first-order valence-electron chi connectivity index (χ1n) is 6.33. The first-order valence-corrected chi connectivity index (χ1v) is 8.65. The first kappa shape index (κ1) is 15.3. The number of thioether (sulfide) groups is 1. The third-order valence-electron chi connectivity index (χ3n) is 3.11. The molecule has 8 heteroatoms. The van der Waals surface area contributed by atoms with Crippen molar-refractivity contribution in [3.8, 4) is 0 Å². The molecule has 0 bridgehead atoms. The van der Waals surface area contributed by atoms with E-state index in [0.717, 1.165) is 12.8 Å². The maximum atomic E-state index is 12.3. The van der Waals surface area contributed by atoms with Crippen molar-refractivity contribution in [1.82, 2.24) is 9.29 Å². The second kappa shape index (κ2) is 6.11. The largest absolute Gasteiger partial charge is 0.369 e. The molecule has 0 unspecified atom stereocenters. The number of carbonyl (C=O) groups excluding carboxylic acids is 1. The Bertz CT molecular complexity index is 580. The van der Waals surface area contributed by atoms with E-state index < -0.39 is 21.2 Å². The van der Waals surface area contributed by atoms with Crippen LogP contribution in [0.5, 0.6) is 0 Å². The van der Waals surface area contributed by atoms with Crippen LogP contribution in [0.3, 0.4) is 0 Å². The zero-order valence-corrected chi connectivity index (χ0v) is 12.8. The van der Waals surface area contributed by atoms with Gasteiger partial charge in [0.25, 0.3) is 0 Å². The summed E-state index contributed by atoms with van der Waals surface area (Å²) in [7, 11) is -3.43. The molecule has 1 aliphatic heterocycles. The number of sulfonamides is 1. The number of hydrogen-bond acceptors (Lipinski definition) is 5. The molecular formula is C12H17N3O3S2. The molecule has 1 aromatic rings. The maximum absolute atomic E-state index is 12.3. The normalized spacial score (nSPS) is 18.1. The molecule has 20 heavy (non-hydrogen) atoms. The lowest BCUT2D eigenvalue weighted by Gasteiger charge is -2.15. The highest BCUT2D eigenvalue weighted by molar-refractivity contribution is 8.00. The molecule has 1 atom stereocenters. The lowest BCUT2D eigenvalue weighted by Crippen LogP contribution is -2.28. The summed E-state index contributed by atoms with van der Waals surface area (Å²) in [6.45, 7) is 2.82. The van der Waals surface area contributed by atoms with Crippen LogP contribution < -0.4 is 5.73 Å². The Morgan fingerprint density at radius 3 is 2.55 bits per heavy atom. The highest BCUT2D eigenvalue weighted by Gasteiger charge is 2.27. The van der Waals surface area contributed by atoms with Gasteiger partial charge in [-0.3, -0.25) is 4.79 Å². The number of amides is 1. The quantitative estimate of drug-likeness (QED) is 0.812. The van der Waals surface area contributed by atoms with Crippen LogP contribution in [0.4, 0.5) is 0 Å². The van der Waals surface area contributed by atoms with Crippen LogP contribution in [0, 0.1) is 0 Å². The summed E-state index contributed by atoms with van der Waals surface area (Å²) < 4.78 is 26.0. The SMILES string of the molecule is C[C@H](Sc1ccc(S(=O)(=O)N2CCCC2)cn1)C(N)=O. The number of rotatable bonds is 5. The van der Waals surface area contributed by atoms with Crippen LogP contribution in [0.25, 0.3) is 0 Å². The van der Waals surface area contributed by atoms with Gasteiger partial charge in [0.2, 0.25) is 15.9 Å². The van der Waals surface area contributed by atoms with Gasteiger partial charge in [-0.1, -0.05) is 11.8 Å². The van der Waals surface area contributed by atoms with E-state index in [2.05, 4.69) is 4.98 Å². The predicted octanol–water partition coefficient (Wildman–Crippen LogP) is 0.832. The molecule has 1 amide bonds. The van der Waals surface area contributed by atoms with E-state index in [9.17, 15) is 13.2 Å². The van der Waals surface area contributed by atoms with Crippen LogP contribution in [0.1, 0.15) is 19.8 Å². The van der Waals surface area contributed by atoms with Crippen molar-refractivity contribution < 1.29 is 13.2 Å². The number of hydrogen-bond donors (Lipinski definition) is 1. The van der Waals surface area contributed by atoms with Crippen molar-refractivity contribution >= 4 is 27.7 Å². The van der Waals surface area contributed by atoms with E-state index >= 15 is 0 Å². The predicted molar refractivity (Wildman–Crippen MR) is 76.7 cm³/mol. The number of nitrogens with two attached hydrogens (primary N) is 1. The summed E-state index contributed by atoms with van der Waals surface area (Å²) in [4.78, 5) is 15.3. The summed E-state index contributed by atoms with van der Waals surface area (Å²) in [5, 5.41) is 0.181. The van der Waals surface area contributed by atoms with Gasteiger partial charge in [-0.05, 0) is 31.9 Å². The van der Waals surface area contributed by atoms with Crippen molar-refractivity contribution in [2.24, 2.45) is 5.73 Å². The van der Waals surface area contributed by atoms with Gasteiger partial charge in [-0.15, -0.1) is 0 Å². The molecule has 2 heterocycles. The molecule has 2 N–H and O–H groups in total. The second-order valence-electron chi connectivity index (χ2n) is 4.61. The fraction of sp³-hybridized carbons (Fsp3) is 0.500. The molecule has 1 fully saturated rings. The Labute approximate surface area is 122 Å². The van der Waals surface area contributed by atoms with Gasteiger partial charge < -0.3 is 5.73 Å². The van der Waals surface area contributed by atoms with Crippen LogP contribution in [0.15, 0.2) is 28.3 Å². The Hall–Kier alpha value is -1.12. The van der Waals surface area contributed by atoms with Gasteiger partial charge >= 0.3 is 0 Å². The number of carbonyl (C=O) groups is 1. The van der Waals surface area contributed by atoms with Gasteiger partial charge in [-0.2, -0.15) is 4.31 Å². The lowest BCUT2D eigenvalue weighted by atomic mass is 10.4. The summed E-state index contributed by atoms with van der Waals surface area (Å²) in [6.07, 6.45) is 3.14. The third-order valence-corrected chi connectivity index (χ3v) is 6.06. The summed E-state index contributed by atoms with van der Waals surface area (Å²) in [5.74, 6) is -0.425. The van der Waals surface area contributed by atoms with Crippen molar-refractivity contribution in [3.63, 3.8) is 0 Å². The van der Waals surface area contributed by atoms with Gasteiger partial charge in [0.15, 0.2) is 0 Å². The number of primary amides is 1. The smallest absolute Gasteiger partial charge is 0.244 e. The molecular weight excluding hydrogens is 298 g/mol. The van der Waals surface area contributed by atoms with Crippen LogP contribution in [0.2, 0.25) is 0 Å². The van der Waals surface area contributed by atoms with Crippen LogP contribution >= 0.6 is 11.8 Å². The molecule has 0 radical (unpaired) electrons. The third kappa shape index (κ3) is 3.31. The topological polar surface area (TPSA) is 93.4 Å². The molecule has 110 valence electrons. The minimum absolute atomic E-state index is 0.190. The fourth-order valence-electron chi connectivity index (χ4n) is 1.91. The Morgan fingerprint density at radius 1 is 1.40 bits per heavy atom. The summed E-state index contributed by atoms with van der Waals surface area (Å²) >= 11 is 1.21. The lowest BCUT2D eigenvalue weighted by molar-refractivity contribution is -0.117. The molecule has 1 saturated heterocycles. The van der Waals surface area contributed by atoms with E-state index in [4.69, 9.17) is 5.73 Å². The van der Waals surface area contributed by atoms with Gasteiger partial charge in [0, 0.05) is 19.3 Å². The molecule has 1 aliphatic rings. The molecule has 0 spiro atoms. The van der Waals surface area contributed by atoms with Crippen molar-refractivity contribution in [2.45, 2.75) is 34.9 Å².